The van der Waals surface area contributed by atoms with Gasteiger partial charge < -0.3 is 10.6 Å². The molecule has 0 spiro atoms. The van der Waals surface area contributed by atoms with Gasteiger partial charge in [-0.3, -0.25) is 14.5 Å². The van der Waals surface area contributed by atoms with E-state index in [1.807, 2.05) is 0 Å². The van der Waals surface area contributed by atoms with Crippen molar-refractivity contribution in [3.8, 4) is 0 Å². The van der Waals surface area contributed by atoms with Crippen LogP contribution in [0.15, 0.2) is 24.3 Å². The summed E-state index contributed by atoms with van der Waals surface area (Å²) in [4.78, 5) is 25.0. The fourth-order valence-corrected chi connectivity index (χ4v) is 2.85. The molecule has 1 aromatic rings. The number of carbonyl (C=O) groups excluding carboxylic acids is 2. The molecule has 0 bridgehead atoms. The molecule has 1 atom stereocenters. The lowest BCUT2D eigenvalue weighted by Crippen LogP contribution is -2.37. The molecule has 6 heteroatoms. The first kappa shape index (κ1) is 17.4. The Kier molecular flexibility index (Phi) is 6.52. The topological polar surface area (TPSA) is 61.4 Å². The predicted molar refractivity (Wildman–Crippen MR) is 86.3 cm³/mol. The maximum Gasteiger partial charge on any atom is 0.221 e. The summed E-state index contributed by atoms with van der Waals surface area (Å²) in [6, 6.07) is 6.53. The standard InChI is InChI=1S/C17H24FN3O2/c1-13(22)19-9-8-17(23)20-12-16(21-10-2-3-11-21)14-4-6-15(18)7-5-14/h4-7,16H,2-3,8-12H2,1H3,(H,19,22)(H,20,23). The summed E-state index contributed by atoms with van der Waals surface area (Å²) in [5.41, 5.74) is 1.01. The normalized spacial score (nSPS) is 16.1. The van der Waals surface area contributed by atoms with Gasteiger partial charge in [0.25, 0.3) is 0 Å². The van der Waals surface area contributed by atoms with Gasteiger partial charge in [-0.1, -0.05) is 12.1 Å². The molecule has 5 nitrogen and oxygen atoms in total. The van der Waals surface area contributed by atoms with Gasteiger partial charge in [0, 0.05) is 26.4 Å². The van der Waals surface area contributed by atoms with Crippen LogP contribution in [0.3, 0.4) is 0 Å². The van der Waals surface area contributed by atoms with Crippen molar-refractivity contribution in [2.45, 2.75) is 32.2 Å². The van der Waals surface area contributed by atoms with Crippen LogP contribution < -0.4 is 10.6 Å². The van der Waals surface area contributed by atoms with Gasteiger partial charge in [-0.05, 0) is 43.6 Å². The van der Waals surface area contributed by atoms with E-state index in [1.165, 1.54) is 19.1 Å². The minimum atomic E-state index is -0.256. The Hall–Kier alpha value is -1.95. The Morgan fingerprint density at radius 2 is 1.83 bits per heavy atom. The van der Waals surface area contributed by atoms with E-state index in [0.717, 1.165) is 31.5 Å². The van der Waals surface area contributed by atoms with Crippen LogP contribution in [-0.4, -0.2) is 42.9 Å². The minimum absolute atomic E-state index is 0.0582. The molecule has 1 aromatic carbocycles. The van der Waals surface area contributed by atoms with Gasteiger partial charge in [-0.25, -0.2) is 4.39 Å². The lowest BCUT2D eigenvalue weighted by atomic mass is 10.1. The maximum absolute atomic E-state index is 13.1. The van der Waals surface area contributed by atoms with E-state index in [0.29, 0.717) is 13.1 Å². The Bertz CT molecular complexity index is 527. The van der Waals surface area contributed by atoms with Gasteiger partial charge in [0.1, 0.15) is 5.82 Å². The van der Waals surface area contributed by atoms with Crippen molar-refractivity contribution >= 4 is 11.8 Å². The molecule has 0 aliphatic carbocycles. The van der Waals surface area contributed by atoms with Crippen LogP contribution in [0.2, 0.25) is 0 Å². The van der Waals surface area contributed by atoms with Crippen LogP contribution in [0.1, 0.15) is 37.8 Å². The first-order chi connectivity index (χ1) is 11.1. The third kappa shape index (κ3) is 5.63. The highest BCUT2D eigenvalue weighted by Gasteiger charge is 2.23. The average molecular weight is 321 g/mol. The minimum Gasteiger partial charge on any atom is -0.356 e. The molecule has 1 heterocycles. The molecule has 1 unspecified atom stereocenters. The van der Waals surface area contributed by atoms with Gasteiger partial charge in [0.05, 0.1) is 6.04 Å². The quantitative estimate of drug-likeness (QED) is 0.802. The lowest BCUT2D eigenvalue weighted by Gasteiger charge is -2.28. The van der Waals surface area contributed by atoms with E-state index < -0.39 is 0 Å². The van der Waals surface area contributed by atoms with Gasteiger partial charge in [-0.15, -0.1) is 0 Å². The largest absolute Gasteiger partial charge is 0.356 e. The van der Waals surface area contributed by atoms with Crippen molar-refractivity contribution < 1.29 is 14.0 Å². The summed E-state index contributed by atoms with van der Waals surface area (Å²) in [5.74, 6) is -0.489. The number of likely N-dealkylation sites (tertiary alicyclic amines) is 1. The zero-order valence-corrected chi connectivity index (χ0v) is 13.5. The van der Waals surface area contributed by atoms with Crippen LogP contribution in [0.5, 0.6) is 0 Å². The van der Waals surface area contributed by atoms with Crippen LogP contribution in [-0.2, 0) is 9.59 Å². The molecular weight excluding hydrogens is 297 g/mol. The van der Waals surface area contributed by atoms with E-state index >= 15 is 0 Å². The van der Waals surface area contributed by atoms with Crippen LogP contribution in [0.25, 0.3) is 0 Å². The molecule has 0 radical (unpaired) electrons. The molecule has 0 aromatic heterocycles. The Morgan fingerprint density at radius 3 is 2.43 bits per heavy atom. The van der Waals surface area contributed by atoms with Gasteiger partial charge >= 0.3 is 0 Å². The summed E-state index contributed by atoms with van der Waals surface area (Å²) < 4.78 is 13.1. The first-order valence-electron chi connectivity index (χ1n) is 8.07. The Balaban J connectivity index is 1.91. The zero-order valence-electron chi connectivity index (χ0n) is 13.5. The van der Waals surface area contributed by atoms with E-state index in [2.05, 4.69) is 15.5 Å². The Labute approximate surface area is 136 Å². The van der Waals surface area contributed by atoms with Crippen LogP contribution in [0, 0.1) is 5.82 Å². The maximum atomic E-state index is 13.1. The smallest absolute Gasteiger partial charge is 0.221 e. The molecular formula is C17H24FN3O2. The third-order valence-electron chi connectivity index (χ3n) is 4.05. The number of benzene rings is 1. The number of hydrogen-bond donors (Lipinski definition) is 2. The molecule has 1 saturated heterocycles. The SMILES string of the molecule is CC(=O)NCCC(=O)NCC(c1ccc(F)cc1)N1CCCC1. The molecule has 2 N–H and O–H groups in total. The number of carbonyl (C=O) groups is 2. The fraction of sp³-hybridized carbons (Fsp3) is 0.529. The number of amides is 2. The number of nitrogens with zero attached hydrogens (tertiary/aromatic N) is 1. The van der Waals surface area contributed by atoms with Gasteiger partial charge in [-0.2, -0.15) is 0 Å². The second-order valence-electron chi connectivity index (χ2n) is 5.85. The second kappa shape index (κ2) is 8.62. The van der Waals surface area contributed by atoms with E-state index in [4.69, 9.17) is 0 Å². The van der Waals surface area contributed by atoms with E-state index in [9.17, 15) is 14.0 Å². The first-order valence-corrected chi connectivity index (χ1v) is 8.07. The number of rotatable bonds is 7. The lowest BCUT2D eigenvalue weighted by molar-refractivity contribution is -0.121. The van der Waals surface area contributed by atoms with Crippen molar-refractivity contribution in [3.63, 3.8) is 0 Å². The summed E-state index contributed by atoms with van der Waals surface area (Å²) in [6.07, 6.45) is 2.55. The van der Waals surface area contributed by atoms with E-state index in [-0.39, 0.29) is 30.1 Å². The van der Waals surface area contributed by atoms with Crippen LogP contribution >= 0.6 is 0 Å². The van der Waals surface area contributed by atoms with Gasteiger partial charge in [0.2, 0.25) is 11.8 Å². The van der Waals surface area contributed by atoms with Gasteiger partial charge in [0.15, 0.2) is 0 Å². The molecule has 2 amide bonds. The van der Waals surface area contributed by atoms with Crippen molar-refractivity contribution in [2.24, 2.45) is 0 Å². The molecule has 0 saturated carbocycles. The molecule has 1 aliphatic heterocycles. The third-order valence-corrected chi connectivity index (χ3v) is 4.05. The Morgan fingerprint density at radius 1 is 1.17 bits per heavy atom. The van der Waals surface area contributed by atoms with E-state index in [1.54, 1.807) is 12.1 Å². The second-order valence-corrected chi connectivity index (χ2v) is 5.85. The molecule has 23 heavy (non-hydrogen) atoms. The zero-order chi connectivity index (χ0) is 16.7. The average Bonchev–Trinajstić information content (AvgIpc) is 3.03. The number of halogens is 1. The van der Waals surface area contributed by atoms with Crippen LogP contribution in [0.4, 0.5) is 4.39 Å². The van der Waals surface area contributed by atoms with Crippen molar-refractivity contribution in [2.75, 3.05) is 26.2 Å². The summed E-state index contributed by atoms with van der Waals surface area (Å²) in [7, 11) is 0. The van der Waals surface area contributed by atoms with Crippen molar-refractivity contribution in [1.29, 1.82) is 0 Å². The molecule has 126 valence electrons. The predicted octanol–water partition coefficient (Wildman–Crippen LogP) is 1.60. The summed E-state index contributed by atoms with van der Waals surface area (Å²) in [6.45, 7) is 4.24. The van der Waals surface area contributed by atoms with Crippen molar-refractivity contribution in [3.05, 3.63) is 35.6 Å². The highest BCUT2D eigenvalue weighted by molar-refractivity contribution is 5.77. The number of nitrogens with one attached hydrogen (secondary N) is 2. The summed E-state index contributed by atoms with van der Waals surface area (Å²) >= 11 is 0. The highest BCUT2D eigenvalue weighted by atomic mass is 19.1. The summed E-state index contributed by atoms with van der Waals surface area (Å²) in [5, 5.41) is 5.53. The molecule has 2 rings (SSSR count). The highest BCUT2D eigenvalue weighted by Crippen LogP contribution is 2.24. The molecule has 1 aliphatic rings. The number of hydrogen-bond acceptors (Lipinski definition) is 3. The van der Waals surface area contributed by atoms with Crippen molar-refractivity contribution in [1.82, 2.24) is 15.5 Å². The monoisotopic (exact) mass is 321 g/mol. The molecule has 1 fully saturated rings. The fourth-order valence-electron chi connectivity index (χ4n) is 2.85.